The highest BCUT2D eigenvalue weighted by atomic mass is 32.2. The molecule has 0 unspecified atom stereocenters. The molecule has 0 saturated carbocycles. The molecule has 0 aromatic heterocycles. The molecule has 1 aromatic carbocycles. The molecule has 0 fully saturated rings. The van der Waals surface area contributed by atoms with Crippen LogP contribution in [0, 0.1) is 0 Å². The van der Waals surface area contributed by atoms with Gasteiger partial charge in [-0.15, -0.1) is 0 Å². The Balaban J connectivity index is 3.07. The van der Waals surface area contributed by atoms with Crippen LogP contribution in [0.15, 0.2) is 23.1 Å². The molecule has 3 N–H and O–H groups in total. The Labute approximate surface area is 113 Å². The summed E-state index contributed by atoms with van der Waals surface area (Å²) >= 11 is 0. The van der Waals surface area contributed by atoms with Crippen molar-refractivity contribution in [3.63, 3.8) is 0 Å². The fourth-order valence-corrected chi connectivity index (χ4v) is 1.83. The second kappa shape index (κ2) is 6.21. The lowest BCUT2D eigenvalue weighted by Crippen LogP contribution is -2.13. The average Bonchev–Trinajstić information content (AvgIpc) is 2.33. The summed E-state index contributed by atoms with van der Waals surface area (Å²) in [6.45, 7) is -1.52. The number of rotatable bonds is 7. The summed E-state index contributed by atoms with van der Waals surface area (Å²) in [5, 5.41) is 16.9. The Morgan fingerprint density at radius 2 is 1.60 bits per heavy atom. The van der Waals surface area contributed by atoms with Crippen molar-refractivity contribution in [3.8, 4) is 11.5 Å². The maximum atomic E-state index is 11.1. The molecule has 1 aromatic rings. The van der Waals surface area contributed by atoms with Crippen LogP contribution in [0.5, 0.6) is 11.5 Å². The Hall–Kier alpha value is -2.33. The molecule has 0 saturated heterocycles. The summed E-state index contributed by atoms with van der Waals surface area (Å²) in [4.78, 5) is 19.9. The Kier molecular flexibility index (Phi) is 4.88. The zero-order chi connectivity index (χ0) is 15.3. The molecular weight excluding hydrogens is 296 g/mol. The fraction of sp³-hybridized carbons (Fsp3) is 0.200. The Bertz CT molecular complexity index is 620. The Morgan fingerprint density at radius 1 is 1.05 bits per heavy atom. The standard InChI is InChI=1S/C10H10O9S/c11-9(12)4-18-6-1-2-7(19-5-10(13)14)8(3-6)20(15,16)17/h1-3H,4-5H2,(H,11,12)(H,13,14)(H,15,16,17). The van der Waals surface area contributed by atoms with Crippen molar-refractivity contribution in [2.75, 3.05) is 13.2 Å². The van der Waals surface area contributed by atoms with Crippen LogP contribution in [0.2, 0.25) is 0 Å². The lowest BCUT2D eigenvalue weighted by molar-refractivity contribution is -0.140. The van der Waals surface area contributed by atoms with Gasteiger partial charge < -0.3 is 19.7 Å². The summed E-state index contributed by atoms with van der Waals surface area (Å²) in [5.74, 6) is -3.14. The van der Waals surface area contributed by atoms with Crippen molar-refractivity contribution >= 4 is 22.1 Å². The van der Waals surface area contributed by atoms with Gasteiger partial charge in [0.1, 0.15) is 16.4 Å². The van der Waals surface area contributed by atoms with Gasteiger partial charge in [0.2, 0.25) is 0 Å². The first-order valence-corrected chi connectivity index (χ1v) is 6.45. The molecule has 0 heterocycles. The van der Waals surface area contributed by atoms with Gasteiger partial charge in [0.05, 0.1) is 0 Å². The van der Waals surface area contributed by atoms with Crippen LogP contribution in [0.1, 0.15) is 0 Å². The third-order valence-electron chi connectivity index (χ3n) is 1.91. The van der Waals surface area contributed by atoms with E-state index >= 15 is 0 Å². The number of carboxylic acid groups (broad SMARTS) is 2. The van der Waals surface area contributed by atoms with Crippen LogP contribution >= 0.6 is 0 Å². The first-order valence-electron chi connectivity index (χ1n) is 5.01. The molecule has 0 radical (unpaired) electrons. The van der Waals surface area contributed by atoms with Crippen LogP contribution < -0.4 is 9.47 Å². The summed E-state index contributed by atoms with van der Waals surface area (Å²) in [6.07, 6.45) is 0. The lowest BCUT2D eigenvalue weighted by atomic mass is 10.3. The molecule has 20 heavy (non-hydrogen) atoms. The van der Waals surface area contributed by atoms with E-state index in [0.29, 0.717) is 0 Å². The van der Waals surface area contributed by atoms with Crippen molar-refractivity contribution in [2.45, 2.75) is 4.90 Å². The summed E-state index contributed by atoms with van der Waals surface area (Å²) in [6, 6.07) is 3.05. The van der Waals surface area contributed by atoms with Gasteiger partial charge in [-0.05, 0) is 12.1 Å². The van der Waals surface area contributed by atoms with Gasteiger partial charge in [0.25, 0.3) is 10.1 Å². The SMILES string of the molecule is O=C(O)COc1ccc(OCC(=O)O)c(S(=O)(=O)O)c1. The van der Waals surface area contributed by atoms with Crippen LogP contribution in [-0.2, 0) is 19.7 Å². The monoisotopic (exact) mass is 306 g/mol. The molecular formula is C10H10O9S. The van der Waals surface area contributed by atoms with Gasteiger partial charge in [0.15, 0.2) is 13.2 Å². The number of ether oxygens (including phenoxy) is 2. The van der Waals surface area contributed by atoms with Crippen LogP contribution in [0.4, 0.5) is 0 Å². The summed E-state index contributed by atoms with van der Waals surface area (Å²) in [5.41, 5.74) is 0. The molecule has 0 bridgehead atoms. The molecule has 1 rings (SSSR count). The van der Waals surface area contributed by atoms with E-state index in [1.165, 1.54) is 6.07 Å². The largest absolute Gasteiger partial charge is 0.482 e. The zero-order valence-corrected chi connectivity index (χ0v) is 10.7. The molecule has 0 aliphatic rings. The second-order valence-electron chi connectivity index (χ2n) is 3.45. The van der Waals surface area contributed by atoms with E-state index in [0.717, 1.165) is 12.1 Å². The summed E-state index contributed by atoms with van der Waals surface area (Å²) in [7, 11) is -4.69. The smallest absolute Gasteiger partial charge is 0.341 e. The van der Waals surface area contributed by atoms with Gasteiger partial charge in [0, 0.05) is 6.07 Å². The topological polar surface area (TPSA) is 147 Å². The molecule has 0 amide bonds. The highest BCUT2D eigenvalue weighted by Crippen LogP contribution is 2.28. The first-order chi connectivity index (χ1) is 9.20. The minimum Gasteiger partial charge on any atom is -0.482 e. The maximum absolute atomic E-state index is 11.1. The van der Waals surface area contributed by atoms with E-state index in [-0.39, 0.29) is 5.75 Å². The van der Waals surface area contributed by atoms with Crippen molar-refractivity contribution in [1.29, 1.82) is 0 Å². The number of carboxylic acids is 2. The van der Waals surface area contributed by atoms with Crippen molar-refractivity contribution in [1.82, 2.24) is 0 Å². The van der Waals surface area contributed by atoms with E-state index < -0.39 is 45.9 Å². The van der Waals surface area contributed by atoms with E-state index in [1.807, 2.05) is 0 Å². The molecule has 0 aliphatic carbocycles. The van der Waals surface area contributed by atoms with Crippen molar-refractivity contribution in [3.05, 3.63) is 18.2 Å². The van der Waals surface area contributed by atoms with E-state index in [2.05, 4.69) is 0 Å². The molecule has 10 heteroatoms. The molecule has 0 aliphatic heterocycles. The number of benzene rings is 1. The predicted octanol–water partition coefficient (Wildman–Crippen LogP) is -0.140. The van der Waals surface area contributed by atoms with Gasteiger partial charge in [-0.2, -0.15) is 8.42 Å². The van der Waals surface area contributed by atoms with Gasteiger partial charge in [-0.1, -0.05) is 0 Å². The van der Waals surface area contributed by atoms with Gasteiger partial charge in [-0.3, -0.25) is 4.55 Å². The highest BCUT2D eigenvalue weighted by Gasteiger charge is 2.19. The van der Waals surface area contributed by atoms with Crippen molar-refractivity contribution < 1.29 is 42.2 Å². The molecule has 110 valence electrons. The minimum atomic E-state index is -4.69. The second-order valence-corrected chi connectivity index (χ2v) is 4.84. The normalized spacial score (nSPS) is 10.8. The molecule has 0 spiro atoms. The number of carbonyl (C=O) groups is 2. The maximum Gasteiger partial charge on any atom is 0.341 e. The molecule has 9 nitrogen and oxygen atoms in total. The quantitative estimate of drug-likeness (QED) is 0.585. The Morgan fingerprint density at radius 3 is 2.10 bits per heavy atom. The third-order valence-corrected chi connectivity index (χ3v) is 2.78. The zero-order valence-electron chi connectivity index (χ0n) is 9.85. The van der Waals surface area contributed by atoms with Crippen molar-refractivity contribution in [2.24, 2.45) is 0 Å². The van der Waals surface area contributed by atoms with E-state index in [4.69, 9.17) is 24.2 Å². The van der Waals surface area contributed by atoms with Crippen LogP contribution in [0.3, 0.4) is 0 Å². The van der Waals surface area contributed by atoms with E-state index in [1.54, 1.807) is 0 Å². The molecule has 0 atom stereocenters. The fourth-order valence-electron chi connectivity index (χ4n) is 1.18. The predicted molar refractivity (Wildman–Crippen MR) is 62.5 cm³/mol. The number of aliphatic carboxylic acids is 2. The first kappa shape index (κ1) is 15.7. The lowest BCUT2D eigenvalue weighted by Gasteiger charge is -2.10. The van der Waals surface area contributed by atoms with Crippen LogP contribution in [0.25, 0.3) is 0 Å². The average molecular weight is 306 g/mol. The summed E-state index contributed by atoms with van der Waals surface area (Å²) < 4.78 is 40.7. The van der Waals surface area contributed by atoms with Gasteiger partial charge >= 0.3 is 11.9 Å². The van der Waals surface area contributed by atoms with Crippen LogP contribution in [-0.4, -0.2) is 48.3 Å². The van der Waals surface area contributed by atoms with E-state index in [9.17, 15) is 18.0 Å². The number of hydrogen-bond acceptors (Lipinski definition) is 6. The number of hydrogen-bond donors (Lipinski definition) is 3. The highest BCUT2D eigenvalue weighted by molar-refractivity contribution is 7.86. The minimum absolute atomic E-state index is 0.136. The third kappa shape index (κ3) is 4.74. The van der Waals surface area contributed by atoms with Gasteiger partial charge in [-0.25, -0.2) is 9.59 Å².